The number of hydrogen-bond donors (Lipinski definition) is 0. The van der Waals surface area contributed by atoms with Crippen LogP contribution in [0, 0.1) is 23.7 Å². The van der Waals surface area contributed by atoms with Crippen LogP contribution >= 0.6 is 11.6 Å². The van der Waals surface area contributed by atoms with Crippen molar-refractivity contribution in [3.8, 4) is 0 Å². The molecular formula is C22H24ClN3O3. The zero-order chi connectivity index (χ0) is 20.1. The molecule has 0 N–H and O–H groups in total. The molecule has 1 saturated carbocycles. The second-order valence-corrected chi connectivity index (χ2v) is 8.98. The van der Waals surface area contributed by atoms with Crippen LogP contribution in [0.5, 0.6) is 0 Å². The number of fused-ring (bicyclic) bond motifs is 5. The van der Waals surface area contributed by atoms with Crippen LogP contribution in [0.3, 0.4) is 0 Å². The van der Waals surface area contributed by atoms with Gasteiger partial charge in [-0.05, 0) is 36.0 Å². The SMILES string of the molecule is O=C(CN1C(=O)C2C3C=CC(C3)C2C1=O)N1CCN(Cc2ccc(Cl)cc2)CC1. The van der Waals surface area contributed by atoms with Crippen molar-refractivity contribution < 1.29 is 14.4 Å². The number of imide groups is 1. The van der Waals surface area contributed by atoms with Gasteiger partial charge in [0.05, 0.1) is 11.8 Å². The van der Waals surface area contributed by atoms with Gasteiger partial charge in [0.2, 0.25) is 17.7 Å². The summed E-state index contributed by atoms with van der Waals surface area (Å²) < 4.78 is 0. The Morgan fingerprint density at radius 1 is 0.931 bits per heavy atom. The van der Waals surface area contributed by atoms with Gasteiger partial charge in [-0.1, -0.05) is 35.9 Å². The number of amides is 3. The van der Waals surface area contributed by atoms with E-state index in [1.54, 1.807) is 4.90 Å². The van der Waals surface area contributed by atoms with Gasteiger partial charge in [-0.3, -0.25) is 24.2 Å². The number of carbonyl (C=O) groups excluding carboxylic acids is 3. The Kier molecular flexibility index (Phi) is 4.71. The molecule has 0 radical (unpaired) electrons. The van der Waals surface area contributed by atoms with Crippen LogP contribution in [0.1, 0.15) is 12.0 Å². The number of benzene rings is 1. The third kappa shape index (κ3) is 3.28. The Labute approximate surface area is 175 Å². The van der Waals surface area contributed by atoms with Gasteiger partial charge < -0.3 is 4.90 Å². The molecule has 29 heavy (non-hydrogen) atoms. The summed E-state index contributed by atoms with van der Waals surface area (Å²) >= 11 is 5.94. The van der Waals surface area contributed by atoms with E-state index in [9.17, 15) is 14.4 Å². The van der Waals surface area contributed by atoms with E-state index in [1.165, 1.54) is 10.5 Å². The van der Waals surface area contributed by atoms with Gasteiger partial charge >= 0.3 is 0 Å². The summed E-state index contributed by atoms with van der Waals surface area (Å²) in [6, 6.07) is 7.81. The Morgan fingerprint density at radius 2 is 1.52 bits per heavy atom. The van der Waals surface area contributed by atoms with Crippen LogP contribution in [0.2, 0.25) is 5.02 Å². The van der Waals surface area contributed by atoms with Gasteiger partial charge in [0.25, 0.3) is 0 Å². The monoisotopic (exact) mass is 413 g/mol. The maximum absolute atomic E-state index is 12.8. The summed E-state index contributed by atoms with van der Waals surface area (Å²) in [4.78, 5) is 43.6. The Hall–Kier alpha value is -2.18. The molecule has 3 amide bonds. The first-order valence-corrected chi connectivity index (χ1v) is 10.7. The predicted octanol–water partition coefficient (Wildman–Crippen LogP) is 1.79. The van der Waals surface area contributed by atoms with Crippen molar-refractivity contribution in [1.82, 2.24) is 14.7 Å². The van der Waals surface area contributed by atoms with E-state index >= 15 is 0 Å². The van der Waals surface area contributed by atoms with Crippen LogP contribution in [-0.4, -0.2) is 65.1 Å². The van der Waals surface area contributed by atoms with Gasteiger partial charge in [0, 0.05) is 37.7 Å². The van der Waals surface area contributed by atoms with Crippen LogP contribution in [0.25, 0.3) is 0 Å². The van der Waals surface area contributed by atoms with Crippen LogP contribution < -0.4 is 0 Å². The maximum Gasteiger partial charge on any atom is 0.242 e. The van der Waals surface area contributed by atoms with Crippen molar-refractivity contribution >= 4 is 29.3 Å². The first-order valence-electron chi connectivity index (χ1n) is 10.3. The molecule has 0 aromatic heterocycles. The highest BCUT2D eigenvalue weighted by Crippen LogP contribution is 2.52. The molecule has 2 saturated heterocycles. The lowest BCUT2D eigenvalue weighted by molar-refractivity contribution is -0.147. The molecular weight excluding hydrogens is 390 g/mol. The quantitative estimate of drug-likeness (QED) is 0.557. The maximum atomic E-state index is 12.8. The fourth-order valence-corrected chi connectivity index (χ4v) is 5.48. The summed E-state index contributed by atoms with van der Waals surface area (Å²) in [5.41, 5.74) is 1.19. The van der Waals surface area contributed by atoms with Gasteiger partial charge in [0.15, 0.2) is 0 Å². The van der Waals surface area contributed by atoms with E-state index in [4.69, 9.17) is 11.6 Å². The third-order valence-corrected chi connectivity index (χ3v) is 7.15. The topological polar surface area (TPSA) is 60.9 Å². The standard InChI is InChI=1S/C22H24ClN3O3/c23-17-5-1-14(2-6-17)12-24-7-9-25(10-8-24)18(27)13-26-21(28)19-15-3-4-16(11-15)20(19)22(26)29/h1-6,15-16,19-20H,7-13H2. The summed E-state index contributed by atoms with van der Waals surface area (Å²) in [6.07, 6.45) is 5.05. The Bertz CT molecular complexity index is 846. The molecule has 7 heteroatoms. The van der Waals surface area contributed by atoms with Crippen molar-refractivity contribution in [2.75, 3.05) is 32.7 Å². The largest absolute Gasteiger partial charge is 0.339 e. The second-order valence-electron chi connectivity index (χ2n) is 8.55. The average molecular weight is 414 g/mol. The Morgan fingerprint density at radius 3 is 2.10 bits per heavy atom. The number of halogens is 1. The number of carbonyl (C=O) groups is 3. The van der Waals surface area contributed by atoms with E-state index < -0.39 is 0 Å². The van der Waals surface area contributed by atoms with Gasteiger partial charge in [-0.15, -0.1) is 0 Å². The minimum atomic E-state index is -0.235. The molecule has 3 fully saturated rings. The molecule has 152 valence electrons. The van der Waals surface area contributed by atoms with Crippen LogP contribution in [-0.2, 0) is 20.9 Å². The molecule has 6 nitrogen and oxygen atoms in total. The van der Waals surface area contributed by atoms with Crippen LogP contribution in [0.15, 0.2) is 36.4 Å². The highest BCUT2D eigenvalue weighted by Gasteiger charge is 2.59. The van der Waals surface area contributed by atoms with Gasteiger partial charge in [-0.25, -0.2) is 0 Å². The second kappa shape index (κ2) is 7.26. The minimum absolute atomic E-state index is 0.110. The summed E-state index contributed by atoms with van der Waals surface area (Å²) in [6.45, 7) is 3.48. The molecule has 5 rings (SSSR count). The van der Waals surface area contributed by atoms with Gasteiger partial charge in [0.1, 0.15) is 6.54 Å². The highest BCUT2D eigenvalue weighted by atomic mass is 35.5. The molecule has 4 aliphatic rings. The molecule has 2 heterocycles. The fourth-order valence-electron chi connectivity index (χ4n) is 5.36. The summed E-state index contributed by atoms with van der Waals surface area (Å²) in [5.74, 6) is -0.532. The number of allylic oxidation sites excluding steroid dienone is 2. The first kappa shape index (κ1) is 18.8. The highest BCUT2D eigenvalue weighted by molar-refractivity contribution is 6.30. The molecule has 1 aromatic rings. The number of rotatable bonds is 4. The lowest BCUT2D eigenvalue weighted by atomic mass is 9.85. The summed E-state index contributed by atoms with van der Waals surface area (Å²) in [5, 5.41) is 0.725. The molecule has 0 spiro atoms. The molecule has 2 aliphatic carbocycles. The fraction of sp³-hybridized carbons (Fsp3) is 0.500. The molecule has 2 bridgehead atoms. The van der Waals surface area contributed by atoms with Crippen molar-refractivity contribution in [1.29, 1.82) is 0 Å². The smallest absolute Gasteiger partial charge is 0.242 e. The lowest BCUT2D eigenvalue weighted by Crippen LogP contribution is -2.51. The predicted molar refractivity (Wildman–Crippen MR) is 108 cm³/mol. The number of likely N-dealkylation sites (tertiary alicyclic amines) is 1. The molecule has 4 atom stereocenters. The number of piperazine rings is 1. The van der Waals surface area contributed by atoms with E-state index in [2.05, 4.69) is 17.1 Å². The van der Waals surface area contributed by atoms with Crippen molar-refractivity contribution in [2.45, 2.75) is 13.0 Å². The minimum Gasteiger partial charge on any atom is -0.339 e. The number of hydrogen-bond acceptors (Lipinski definition) is 4. The zero-order valence-electron chi connectivity index (χ0n) is 16.2. The number of nitrogens with zero attached hydrogens (tertiary/aromatic N) is 3. The van der Waals surface area contributed by atoms with Crippen molar-refractivity contribution in [3.63, 3.8) is 0 Å². The lowest BCUT2D eigenvalue weighted by Gasteiger charge is -2.35. The van der Waals surface area contributed by atoms with Gasteiger partial charge in [-0.2, -0.15) is 0 Å². The van der Waals surface area contributed by atoms with E-state index in [1.807, 2.05) is 24.3 Å². The molecule has 1 aromatic carbocycles. The normalized spacial score (nSPS) is 31.1. The average Bonchev–Trinajstić information content (AvgIpc) is 3.40. The molecule has 4 unspecified atom stereocenters. The zero-order valence-corrected chi connectivity index (χ0v) is 16.9. The van der Waals surface area contributed by atoms with E-state index in [-0.39, 0.29) is 47.9 Å². The molecule has 2 aliphatic heterocycles. The third-order valence-electron chi connectivity index (χ3n) is 6.90. The van der Waals surface area contributed by atoms with Crippen molar-refractivity contribution in [3.05, 3.63) is 47.0 Å². The van der Waals surface area contributed by atoms with E-state index in [0.717, 1.165) is 31.1 Å². The Balaban J connectivity index is 1.15. The first-order chi connectivity index (χ1) is 14.0. The van der Waals surface area contributed by atoms with Crippen LogP contribution in [0.4, 0.5) is 0 Å². The van der Waals surface area contributed by atoms with Crippen molar-refractivity contribution in [2.24, 2.45) is 23.7 Å². The van der Waals surface area contributed by atoms with E-state index in [0.29, 0.717) is 13.1 Å². The summed E-state index contributed by atoms with van der Waals surface area (Å²) in [7, 11) is 0.